The van der Waals surface area contributed by atoms with Crippen molar-refractivity contribution in [2.75, 3.05) is 25.1 Å². The van der Waals surface area contributed by atoms with Gasteiger partial charge in [-0.1, -0.05) is 6.92 Å². The SMILES string of the molecule is CCCS(=O)(=O)N1CCC(S(C)(=O)=O)C1. The monoisotopic (exact) mass is 255 g/mol. The molecule has 90 valence electrons. The maximum Gasteiger partial charge on any atom is 0.214 e. The molecule has 1 heterocycles. The molecule has 0 bridgehead atoms. The average Bonchev–Trinajstić information content (AvgIpc) is 2.50. The van der Waals surface area contributed by atoms with Crippen LogP contribution >= 0.6 is 0 Å². The summed E-state index contributed by atoms with van der Waals surface area (Å²) in [5.41, 5.74) is 0. The van der Waals surface area contributed by atoms with Gasteiger partial charge >= 0.3 is 0 Å². The Morgan fingerprint density at radius 3 is 2.27 bits per heavy atom. The molecule has 1 aliphatic rings. The fourth-order valence-electron chi connectivity index (χ4n) is 1.69. The van der Waals surface area contributed by atoms with E-state index in [1.54, 1.807) is 6.92 Å². The van der Waals surface area contributed by atoms with E-state index in [9.17, 15) is 16.8 Å². The summed E-state index contributed by atoms with van der Waals surface area (Å²) in [5.74, 6) is 0.101. The molecule has 1 unspecified atom stereocenters. The lowest BCUT2D eigenvalue weighted by Crippen LogP contribution is -2.33. The molecule has 0 aromatic carbocycles. The highest BCUT2D eigenvalue weighted by atomic mass is 32.2. The summed E-state index contributed by atoms with van der Waals surface area (Å²) in [6.07, 6.45) is 2.14. The van der Waals surface area contributed by atoms with Crippen molar-refractivity contribution in [3.05, 3.63) is 0 Å². The van der Waals surface area contributed by atoms with Crippen LogP contribution in [0.1, 0.15) is 19.8 Å². The Bertz CT molecular complexity index is 412. The van der Waals surface area contributed by atoms with Crippen molar-refractivity contribution in [3.8, 4) is 0 Å². The van der Waals surface area contributed by atoms with Crippen molar-refractivity contribution in [1.82, 2.24) is 4.31 Å². The lowest BCUT2D eigenvalue weighted by Gasteiger charge is -2.15. The van der Waals surface area contributed by atoms with Crippen LogP contribution in [-0.4, -0.2) is 51.5 Å². The zero-order chi connectivity index (χ0) is 11.7. The van der Waals surface area contributed by atoms with Gasteiger partial charge in [-0.3, -0.25) is 0 Å². The molecule has 1 saturated heterocycles. The number of hydrogen-bond donors (Lipinski definition) is 0. The number of rotatable bonds is 4. The summed E-state index contributed by atoms with van der Waals surface area (Å²) in [6.45, 7) is 2.25. The Kier molecular flexibility index (Phi) is 3.78. The normalized spacial score (nSPS) is 24.5. The first-order valence-corrected chi connectivity index (χ1v) is 8.50. The van der Waals surface area contributed by atoms with Crippen molar-refractivity contribution in [1.29, 1.82) is 0 Å². The average molecular weight is 255 g/mol. The van der Waals surface area contributed by atoms with E-state index in [1.165, 1.54) is 4.31 Å². The molecule has 0 amide bonds. The van der Waals surface area contributed by atoms with Gasteiger partial charge in [0.25, 0.3) is 0 Å². The standard InChI is InChI=1S/C8H17NO4S2/c1-3-6-15(12,13)9-5-4-8(7-9)14(2,10)11/h8H,3-7H2,1-2H3. The van der Waals surface area contributed by atoms with E-state index in [-0.39, 0.29) is 12.3 Å². The fourth-order valence-corrected chi connectivity index (χ4v) is 4.33. The molecule has 1 rings (SSSR count). The Labute approximate surface area is 91.4 Å². The summed E-state index contributed by atoms with van der Waals surface area (Å²) in [6, 6.07) is 0. The van der Waals surface area contributed by atoms with E-state index >= 15 is 0 Å². The summed E-state index contributed by atoms with van der Waals surface area (Å²) in [7, 11) is -6.35. The quantitative estimate of drug-likeness (QED) is 0.700. The van der Waals surface area contributed by atoms with Crippen LogP contribution in [0.15, 0.2) is 0 Å². The Hall–Kier alpha value is -0.140. The summed E-state index contributed by atoms with van der Waals surface area (Å²) in [5, 5.41) is -0.524. The molecule has 0 aromatic heterocycles. The first-order chi connectivity index (χ1) is 6.77. The summed E-state index contributed by atoms with van der Waals surface area (Å²) >= 11 is 0. The fraction of sp³-hybridized carbons (Fsp3) is 1.00. The van der Waals surface area contributed by atoms with Crippen LogP contribution in [-0.2, 0) is 19.9 Å². The first kappa shape index (κ1) is 12.9. The molecule has 15 heavy (non-hydrogen) atoms. The third kappa shape index (κ3) is 3.15. The number of nitrogens with zero attached hydrogens (tertiary/aromatic N) is 1. The molecule has 0 spiro atoms. The lowest BCUT2D eigenvalue weighted by molar-refractivity contribution is 0.476. The van der Waals surface area contributed by atoms with Crippen LogP contribution in [0.3, 0.4) is 0 Å². The maximum absolute atomic E-state index is 11.6. The second kappa shape index (κ2) is 4.39. The highest BCUT2D eigenvalue weighted by molar-refractivity contribution is 7.91. The number of hydrogen-bond acceptors (Lipinski definition) is 4. The number of sulfonamides is 1. The second-order valence-electron chi connectivity index (χ2n) is 3.91. The van der Waals surface area contributed by atoms with E-state index in [0.29, 0.717) is 19.4 Å². The molecule has 0 radical (unpaired) electrons. The Morgan fingerprint density at radius 1 is 1.27 bits per heavy atom. The van der Waals surface area contributed by atoms with E-state index in [4.69, 9.17) is 0 Å². The van der Waals surface area contributed by atoms with Crippen molar-refractivity contribution in [2.24, 2.45) is 0 Å². The Balaban J connectivity index is 2.73. The van der Waals surface area contributed by atoms with Crippen molar-refractivity contribution in [2.45, 2.75) is 25.0 Å². The zero-order valence-electron chi connectivity index (χ0n) is 9.01. The maximum atomic E-state index is 11.6. The zero-order valence-corrected chi connectivity index (χ0v) is 10.6. The van der Waals surface area contributed by atoms with Gasteiger partial charge in [0.05, 0.1) is 11.0 Å². The van der Waals surface area contributed by atoms with Gasteiger partial charge in [-0.2, -0.15) is 0 Å². The van der Waals surface area contributed by atoms with Gasteiger partial charge in [-0.15, -0.1) is 0 Å². The highest BCUT2D eigenvalue weighted by Crippen LogP contribution is 2.19. The predicted octanol–water partition coefficient (Wildman–Crippen LogP) is -0.155. The Morgan fingerprint density at radius 2 is 1.87 bits per heavy atom. The highest BCUT2D eigenvalue weighted by Gasteiger charge is 2.35. The van der Waals surface area contributed by atoms with Crippen molar-refractivity contribution >= 4 is 19.9 Å². The molecule has 7 heteroatoms. The van der Waals surface area contributed by atoms with Crippen LogP contribution in [0.4, 0.5) is 0 Å². The van der Waals surface area contributed by atoms with Gasteiger partial charge in [0, 0.05) is 19.3 Å². The largest absolute Gasteiger partial charge is 0.229 e. The molecule has 0 N–H and O–H groups in total. The second-order valence-corrected chi connectivity index (χ2v) is 8.33. The van der Waals surface area contributed by atoms with Gasteiger partial charge in [0.1, 0.15) is 0 Å². The van der Waals surface area contributed by atoms with Gasteiger partial charge in [0.2, 0.25) is 10.0 Å². The van der Waals surface area contributed by atoms with E-state index in [0.717, 1.165) is 6.26 Å². The molecule has 1 fully saturated rings. The molecule has 1 aliphatic heterocycles. The predicted molar refractivity (Wildman–Crippen MR) is 58.9 cm³/mol. The smallest absolute Gasteiger partial charge is 0.214 e. The van der Waals surface area contributed by atoms with Crippen molar-refractivity contribution < 1.29 is 16.8 Å². The van der Waals surface area contributed by atoms with Crippen LogP contribution < -0.4 is 0 Å². The van der Waals surface area contributed by atoms with E-state index < -0.39 is 25.1 Å². The molecule has 5 nitrogen and oxygen atoms in total. The van der Waals surface area contributed by atoms with Crippen molar-refractivity contribution in [3.63, 3.8) is 0 Å². The van der Waals surface area contributed by atoms with Crippen LogP contribution in [0.5, 0.6) is 0 Å². The lowest BCUT2D eigenvalue weighted by atomic mass is 10.4. The van der Waals surface area contributed by atoms with Gasteiger partial charge in [-0.05, 0) is 12.8 Å². The van der Waals surface area contributed by atoms with E-state index in [1.807, 2.05) is 0 Å². The minimum atomic E-state index is -3.23. The van der Waals surface area contributed by atoms with Crippen LogP contribution in [0.2, 0.25) is 0 Å². The summed E-state index contributed by atoms with van der Waals surface area (Å²) < 4.78 is 47.1. The molecule has 1 atom stereocenters. The number of sulfone groups is 1. The first-order valence-electron chi connectivity index (χ1n) is 4.94. The minimum absolute atomic E-state index is 0.101. The van der Waals surface area contributed by atoms with E-state index in [2.05, 4.69) is 0 Å². The van der Waals surface area contributed by atoms with Gasteiger partial charge < -0.3 is 0 Å². The molecular weight excluding hydrogens is 238 g/mol. The minimum Gasteiger partial charge on any atom is -0.229 e. The molecule has 0 saturated carbocycles. The summed E-state index contributed by atoms with van der Waals surface area (Å²) in [4.78, 5) is 0. The molecular formula is C8H17NO4S2. The third-order valence-electron chi connectivity index (χ3n) is 2.57. The topological polar surface area (TPSA) is 71.5 Å². The van der Waals surface area contributed by atoms with Gasteiger partial charge in [-0.25, -0.2) is 21.1 Å². The molecule has 0 aromatic rings. The van der Waals surface area contributed by atoms with Gasteiger partial charge in [0.15, 0.2) is 9.84 Å². The van der Waals surface area contributed by atoms with Crippen LogP contribution in [0.25, 0.3) is 0 Å². The molecule has 0 aliphatic carbocycles. The van der Waals surface area contributed by atoms with Crippen LogP contribution in [0, 0.1) is 0 Å². The third-order valence-corrected chi connectivity index (χ3v) is 6.21.